The minimum absolute atomic E-state index is 0.00198. The Hall–Kier alpha value is -3.94. The number of para-hydroxylation sites is 1. The highest BCUT2D eigenvalue weighted by atomic mass is 19.1. The second-order valence-electron chi connectivity index (χ2n) is 7.03. The number of benzene rings is 3. The molecule has 1 heterocycles. The summed E-state index contributed by atoms with van der Waals surface area (Å²) in [6.45, 7) is 1.07. The van der Waals surface area contributed by atoms with Crippen molar-refractivity contribution in [1.82, 2.24) is 10.6 Å². The maximum absolute atomic E-state index is 15.4. The van der Waals surface area contributed by atoms with Crippen molar-refractivity contribution in [3.05, 3.63) is 95.6 Å². The zero-order valence-electron chi connectivity index (χ0n) is 17.1. The third-order valence-electron chi connectivity index (χ3n) is 4.80. The van der Waals surface area contributed by atoms with Gasteiger partial charge in [0.15, 0.2) is 17.4 Å². The molecular weight excluding hydrogens is 416 g/mol. The molecule has 0 saturated heterocycles. The van der Waals surface area contributed by atoms with Crippen molar-refractivity contribution in [1.29, 1.82) is 0 Å². The summed E-state index contributed by atoms with van der Waals surface area (Å²) in [6, 6.07) is 18.8. The first-order valence-electron chi connectivity index (χ1n) is 10.1. The Balaban J connectivity index is 1.57. The van der Waals surface area contributed by atoms with Crippen LogP contribution in [0.1, 0.15) is 17.2 Å². The zero-order valence-corrected chi connectivity index (χ0v) is 17.1. The molecule has 3 aromatic carbocycles. The van der Waals surface area contributed by atoms with Gasteiger partial charge in [0, 0.05) is 12.1 Å². The molecule has 1 amide bonds. The van der Waals surface area contributed by atoms with Gasteiger partial charge < -0.3 is 20.1 Å². The second kappa shape index (κ2) is 9.91. The van der Waals surface area contributed by atoms with Crippen LogP contribution < -0.4 is 15.4 Å². The van der Waals surface area contributed by atoms with Crippen LogP contribution in [-0.2, 0) is 11.3 Å². The molecular formula is C24H21F2N3O3. The first-order chi connectivity index (χ1) is 15.6. The average Bonchev–Trinajstić information content (AvgIpc) is 3.35. The first kappa shape index (κ1) is 21.3. The third kappa shape index (κ3) is 5.03. The van der Waals surface area contributed by atoms with E-state index in [2.05, 4.69) is 15.6 Å². The van der Waals surface area contributed by atoms with Gasteiger partial charge in [-0.05, 0) is 23.8 Å². The summed E-state index contributed by atoms with van der Waals surface area (Å²) in [5.41, 5.74) is 0.809. The number of aliphatic imine (C=N–C) groups is 1. The topological polar surface area (TPSA) is 72.0 Å². The van der Waals surface area contributed by atoms with Gasteiger partial charge >= 0.3 is 6.09 Å². The van der Waals surface area contributed by atoms with E-state index in [1.54, 1.807) is 30.3 Å². The van der Waals surface area contributed by atoms with E-state index in [4.69, 9.17) is 9.47 Å². The lowest BCUT2D eigenvalue weighted by Crippen LogP contribution is -2.39. The van der Waals surface area contributed by atoms with Crippen LogP contribution in [0.2, 0.25) is 0 Å². The number of carbonyl (C=O) groups excluding carboxylic acids is 1. The second-order valence-corrected chi connectivity index (χ2v) is 7.03. The van der Waals surface area contributed by atoms with E-state index >= 15 is 4.39 Å². The van der Waals surface area contributed by atoms with Crippen LogP contribution in [0.25, 0.3) is 0 Å². The minimum atomic E-state index is -1.00. The van der Waals surface area contributed by atoms with Crippen molar-refractivity contribution < 1.29 is 23.0 Å². The van der Waals surface area contributed by atoms with E-state index in [0.29, 0.717) is 18.9 Å². The number of rotatable bonds is 7. The highest BCUT2D eigenvalue weighted by Gasteiger charge is 2.29. The van der Waals surface area contributed by atoms with Crippen LogP contribution in [0.5, 0.6) is 11.5 Å². The normalized spacial score (nSPS) is 13.6. The molecule has 0 radical (unpaired) electrons. The number of ether oxygens (including phenoxy) is 2. The molecule has 3 aromatic rings. The Bertz CT molecular complexity index is 1110. The van der Waals surface area contributed by atoms with Crippen LogP contribution in [0.4, 0.5) is 13.6 Å². The molecule has 4 rings (SSSR count). The summed E-state index contributed by atoms with van der Waals surface area (Å²) < 4.78 is 40.5. The number of amidine groups is 1. The zero-order chi connectivity index (χ0) is 22.3. The fourth-order valence-electron chi connectivity index (χ4n) is 3.26. The first-order valence-corrected chi connectivity index (χ1v) is 10.1. The number of halogens is 2. The lowest BCUT2D eigenvalue weighted by atomic mass is 10.0. The Kier molecular flexibility index (Phi) is 6.60. The Morgan fingerprint density at radius 2 is 1.75 bits per heavy atom. The Labute approximate surface area is 183 Å². The molecule has 8 heteroatoms. The van der Waals surface area contributed by atoms with E-state index in [9.17, 15) is 9.18 Å². The van der Waals surface area contributed by atoms with Gasteiger partial charge in [-0.25, -0.2) is 13.6 Å². The molecule has 0 fully saturated rings. The van der Waals surface area contributed by atoms with Crippen LogP contribution in [0, 0.1) is 11.6 Å². The van der Waals surface area contributed by atoms with E-state index < -0.39 is 29.5 Å². The Morgan fingerprint density at radius 3 is 2.44 bits per heavy atom. The van der Waals surface area contributed by atoms with Gasteiger partial charge in [0.1, 0.15) is 24.2 Å². The SMILES string of the molecule is O=C(NC(C1=NCCN1)c1ccc(F)c(Oc2ccccc2)c1F)OCc1ccccc1. The molecule has 0 aliphatic carbocycles. The molecule has 32 heavy (non-hydrogen) atoms. The van der Waals surface area contributed by atoms with Crippen LogP contribution >= 0.6 is 0 Å². The minimum Gasteiger partial charge on any atom is -0.451 e. The summed E-state index contributed by atoms with van der Waals surface area (Å²) >= 11 is 0. The van der Waals surface area contributed by atoms with Crippen molar-refractivity contribution in [2.24, 2.45) is 4.99 Å². The molecule has 0 bridgehead atoms. The molecule has 6 nitrogen and oxygen atoms in total. The van der Waals surface area contributed by atoms with Crippen molar-refractivity contribution in [2.75, 3.05) is 13.1 Å². The van der Waals surface area contributed by atoms with Gasteiger partial charge in [-0.3, -0.25) is 4.99 Å². The maximum atomic E-state index is 15.4. The van der Waals surface area contributed by atoms with Crippen molar-refractivity contribution >= 4 is 11.9 Å². The highest BCUT2D eigenvalue weighted by molar-refractivity contribution is 5.92. The summed E-state index contributed by atoms with van der Waals surface area (Å²) in [5, 5.41) is 5.65. The van der Waals surface area contributed by atoms with Crippen LogP contribution in [0.15, 0.2) is 77.8 Å². The van der Waals surface area contributed by atoms with Crippen molar-refractivity contribution in [2.45, 2.75) is 12.6 Å². The highest BCUT2D eigenvalue weighted by Crippen LogP contribution is 2.32. The summed E-state index contributed by atoms with van der Waals surface area (Å²) in [7, 11) is 0. The Morgan fingerprint density at radius 1 is 1.03 bits per heavy atom. The fourth-order valence-corrected chi connectivity index (χ4v) is 3.26. The third-order valence-corrected chi connectivity index (χ3v) is 4.80. The van der Waals surface area contributed by atoms with Gasteiger partial charge in [-0.1, -0.05) is 54.6 Å². The number of alkyl carbamates (subject to hydrolysis) is 1. The number of nitrogens with one attached hydrogen (secondary N) is 2. The molecule has 1 atom stereocenters. The van der Waals surface area contributed by atoms with Gasteiger partial charge in [0.25, 0.3) is 0 Å². The van der Waals surface area contributed by atoms with Crippen LogP contribution in [-0.4, -0.2) is 25.0 Å². The number of hydrogen-bond donors (Lipinski definition) is 2. The number of carbonyl (C=O) groups is 1. The quantitative estimate of drug-likeness (QED) is 0.561. The van der Waals surface area contributed by atoms with Gasteiger partial charge in [0.05, 0.1) is 6.54 Å². The van der Waals surface area contributed by atoms with Gasteiger partial charge in [-0.2, -0.15) is 0 Å². The molecule has 0 saturated carbocycles. The van der Waals surface area contributed by atoms with E-state index in [1.807, 2.05) is 30.3 Å². The van der Waals surface area contributed by atoms with Gasteiger partial charge in [0.2, 0.25) is 0 Å². The van der Waals surface area contributed by atoms with Crippen LogP contribution in [0.3, 0.4) is 0 Å². The molecule has 1 aliphatic rings. The number of hydrogen-bond acceptors (Lipinski definition) is 5. The predicted octanol–water partition coefficient (Wildman–Crippen LogP) is 4.73. The largest absolute Gasteiger partial charge is 0.451 e. The lowest BCUT2D eigenvalue weighted by Gasteiger charge is -2.21. The smallest absolute Gasteiger partial charge is 0.408 e. The molecule has 0 aromatic heterocycles. The number of nitrogens with zero attached hydrogens (tertiary/aromatic N) is 1. The van der Waals surface area contributed by atoms with E-state index in [1.165, 1.54) is 6.07 Å². The summed E-state index contributed by atoms with van der Waals surface area (Å²) in [5.74, 6) is -1.71. The van der Waals surface area contributed by atoms with Crippen molar-refractivity contribution in [3.8, 4) is 11.5 Å². The molecule has 1 aliphatic heterocycles. The van der Waals surface area contributed by atoms with E-state index in [0.717, 1.165) is 11.6 Å². The summed E-state index contributed by atoms with van der Waals surface area (Å²) in [6.07, 6.45) is -0.760. The molecule has 1 unspecified atom stereocenters. The van der Waals surface area contributed by atoms with E-state index in [-0.39, 0.29) is 17.9 Å². The van der Waals surface area contributed by atoms with Gasteiger partial charge in [-0.15, -0.1) is 0 Å². The monoisotopic (exact) mass is 437 g/mol. The summed E-state index contributed by atoms with van der Waals surface area (Å²) in [4.78, 5) is 16.8. The number of amides is 1. The predicted molar refractivity (Wildman–Crippen MR) is 116 cm³/mol. The maximum Gasteiger partial charge on any atom is 0.408 e. The molecule has 2 N–H and O–H groups in total. The fraction of sp³-hybridized carbons (Fsp3) is 0.167. The van der Waals surface area contributed by atoms with Crippen molar-refractivity contribution in [3.63, 3.8) is 0 Å². The molecule has 0 spiro atoms. The standard InChI is InChI=1S/C24H21F2N3O3/c25-19-12-11-18(20(26)22(19)32-17-9-5-2-6-10-17)21(23-27-13-14-28-23)29-24(30)31-15-16-7-3-1-4-8-16/h1-12,21H,13-15H2,(H,27,28)(H,29,30). The molecule has 164 valence electrons. The average molecular weight is 437 g/mol. The lowest BCUT2D eigenvalue weighted by molar-refractivity contribution is 0.138.